The van der Waals surface area contributed by atoms with E-state index >= 15 is 0 Å². The number of hydrazine groups is 2. The fourth-order valence-corrected chi connectivity index (χ4v) is 7.08. The fourth-order valence-electron chi connectivity index (χ4n) is 4.73. The second-order valence-corrected chi connectivity index (χ2v) is 12.3. The number of hydrazone groups is 2. The normalized spacial score (nSPS) is 16.5. The standard InChI is InChI=1S/C32H26N8O2P2/c41-43-37(27-16-5-1-6-17-27)33-31(34-38(43)28-18-7-2-8-19-28)25-14-13-15-26(24-25)32-35-39(29-20-9-3-10-21-29)44(42)40(36-32)30-22-11-4-12-23-30/h1-24H,(H,33,34)(H,35,36)/q+2. The van der Waals surface area contributed by atoms with E-state index < -0.39 is 16.2 Å². The van der Waals surface area contributed by atoms with Crippen molar-refractivity contribution in [3.63, 3.8) is 0 Å². The molecule has 7 rings (SSSR count). The van der Waals surface area contributed by atoms with Crippen LogP contribution in [0.1, 0.15) is 11.1 Å². The summed E-state index contributed by atoms with van der Waals surface area (Å²) in [7, 11) is -4.28. The zero-order valence-corrected chi connectivity index (χ0v) is 25.0. The van der Waals surface area contributed by atoms with Crippen LogP contribution in [0.25, 0.3) is 0 Å². The average molecular weight is 617 g/mol. The quantitative estimate of drug-likeness (QED) is 0.191. The molecule has 0 saturated heterocycles. The Hall–Kier alpha value is -5.56. The van der Waals surface area contributed by atoms with Gasteiger partial charge in [0.05, 0.1) is 0 Å². The van der Waals surface area contributed by atoms with Crippen molar-refractivity contribution in [1.29, 1.82) is 0 Å². The summed E-state index contributed by atoms with van der Waals surface area (Å²) in [5.74, 6) is 0.993. The van der Waals surface area contributed by atoms with Crippen molar-refractivity contribution in [1.82, 2.24) is 10.9 Å². The molecular formula is C32H26N8O2P2+2. The number of rotatable bonds is 6. The van der Waals surface area contributed by atoms with Gasteiger partial charge in [0.2, 0.25) is 0 Å². The molecule has 5 aromatic rings. The van der Waals surface area contributed by atoms with Crippen molar-refractivity contribution in [2.75, 3.05) is 19.1 Å². The molecule has 214 valence electrons. The Morgan fingerprint density at radius 3 is 1.14 bits per heavy atom. The first-order valence-electron chi connectivity index (χ1n) is 13.8. The van der Waals surface area contributed by atoms with E-state index in [-0.39, 0.29) is 0 Å². The summed E-state index contributed by atoms with van der Waals surface area (Å²) in [6, 6.07) is 45.5. The highest BCUT2D eigenvalue weighted by molar-refractivity contribution is 7.48. The van der Waals surface area contributed by atoms with Gasteiger partial charge in [0.25, 0.3) is 0 Å². The van der Waals surface area contributed by atoms with Crippen LogP contribution in [0, 0.1) is 0 Å². The predicted molar refractivity (Wildman–Crippen MR) is 177 cm³/mol. The Bertz CT molecular complexity index is 1740. The third kappa shape index (κ3) is 5.36. The van der Waals surface area contributed by atoms with Crippen LogP contribution in [0.2, 0.25) is 0 Å². The minimum atomic E-state index is -2.14. The maximum Gasteiger partial charge on any atom is 0.638 e. The number of nitrogens with zero attached hydrogens (tertiary/aromatic N) is 6. The van der Waals surface area contributed by atoms with E-state index in [2.05, 4.69) is 10.9 Å². The first-order valence-corrected chi connectivity index (χ1v) is 16.1. The second kappa shape index (κ2) is 12.0. The molecule has 0 saturated carbocycles. The molecule has 0 bridgehead atoms. The smallest absolute Gasteiger partial charge is 0.237 e. The third-order valence-electron chi connectivity index (χ3n) is 6.86. The van der Waals surface area contributed by atoms with Crippen LogP contribution in [-0.4, -0.2) is 11.7 Å². The summed E-state index contributed by atoms with van der Waals surface area (Å²) < 4.78 is 33.8. The van der Waals surface area contributed by atoms with Crippen molar-refractivity contribution in [3.05, 3.63) is 157 Å². The number of amidine groups is 2. The van der Waals surface area contributed by atoms with E-state index in [1.807, 2.05) is 146 Å². The van der Waals surface area contributed by atoms with Crippen LogP contribution >= 0.6 is 16.2 Å². The monoisotopic (exact) mass is 616 g/mol. The lowest BCUT2D eigenvalue weighted by Gasteiger charge is -2.26. The predicted octanol–water partition coefficient (Wildman–Crippen LogP) is 7.39. The van der Waals surface area contributed by atoms with Crippen LogP contribution in [0.3, 0.4) is 0 Å². The molecule has 10 nitrogen and oxygen atoms in total. The number of hydrogen-bond donors (Lipinski definition) is 2. The van der Waals surface area contributed by atoms with E-state index in [0.717, 1.165) is 22.5 Å². The summed E-state index contributed by atoms with van der Waals surface area (Å²) >= 11 is 0. The van der Waals surface area contributed by atoms with Crippen molar-refractivity contribution in [3.8, 4) is 0 Å². The third-order valence-corrected chi connectivity index (χ3v) is 9.50. The summed E-state index contributed by atoms with van der Waals surface area (Å²) in [5, 5.41) is 9.58. The van der Waals surface area contributed by atoms with Gasteiger partial charge in [-0.1, -0.05) is 91.0 Å². The molecule has 2 aliphatic heterocycles. The SMILES string of the molecule is O=[P+]1N(c2ccccc2)N=C(c2cccc(C3=NN(c4ccccc4)[P+](=O)N(c4ccccc4)N3)c2)NN1c1ccccc1. The van der Waals surface area contributed by atoms with E-state index in [0.29, 0.717) is 23.0 Å². The highest BCUT2D eigenvalue weighted by atomic mass is 31.1. The zero-order chi connectivity index (χ0) is 29.9. The molecule has 44 heavy (non-hydrogen) atoms. The summed E-state index contributed by atoms with van der Waals surface area (Å²) in [5.41, 5.74) is 10.9. The molecule has 0 amide bonds. The van der Waals surface area contributed by atoms with Gasteiger partial charge >= 0.3 is 16.2 Å². The molecule has 0 fully saturated rings. The Morgan fingerprint density at radius 2 is 0.773 bits per heavy atom. The average Bonchev–Trinajstić information content (AvgIpc) is 3.10. The molecule has 2 atom stereocenters. The Morgan fingerprint density at radius 1 is 0.432 bits per heavy atom. The lowest BCUT2D eigenvalue weighted by atomic mass is 10.1. The minimum absolute atomic E-state index is 0.497. The van der Waals surface area contributed by atoms with Crippen molar-refractivity contribution < 1.29 is 9.13 Å². The maximum absolute atomic E-state index is 13.8. The maximum atomic E-state index is 13.8. The molecule has 2 unspecified atom stereocenters. The van der Waals surface area contributed by atoms with E-state index in [1.54, 1.807) is 9.56 Å². The zero-order valence-electron chi connectivity index (χ0n) is 23.3. The first kappa shape index (κ1) is 27.3. The molecule has 5 aromatic carbocycles. The van der Waals surface area contributed by atoms with Gasteiger partial charge < -0.3 is 0 Å². The fraction of sp³-hybridized carbons (Fsp3) is 0. The van der Waals surface area contributed by atoms with Crippen molar-refractivity contribution in [2.24, 2.45) is 10.2 Å². The lowest BCUT2D eigenvalue weighted by Crippen LogP contribution is -2.46. The minimum Gasteiger partial charge on any atom is -0.237 e. The van der Waals surface area contributed by atoms with Crippen LogP contribution in [-0.2, 0) is 9.13 Å². The van der Waals surface area contributed by atoms with E-state index in [1.165, 1.54) is 9.56 Å². The van der Waals surface area contributed by atoms with Gasteiger partial charge in [-0.3, -0.25) is 0 Å². The van der Waals surface area contributed by atoms with E-state index in [9.17, 15) is 9.13 Å². The van der Waals surface area contributed by atoms with Gasteiger partial charge in [-0.25, -0.2) is 10.9 Å². The highest BCUT2D eigenvalue weighted by Gasteiger charge is 2.45. The van der Waals surface area contributed by atoms with E-state index in [4.69, 9.17) is 10.2 Å². The van der Waals surface area contributed by atoms with Crippen molar-refractivity contribution in [2.45, 2.75) is 0 Å². The molecule has 0 spiro atoms. The molecule has 2 N–H and O–H groups in total. The highest BCUT2D eigenvalue weighted by Crippen LogP contribution is 2.43. The molecular weight excluding hydrogens is 590 g/mol. The largest absolute Gasteiger partial charge is 0.638 e. The number of para-hydroxylation sites is 4. The van der Waals surface area contributed by atoms with Crippen LogP contribution in [0.5, 0.6) is 0 Å². The summed E-state index contributed by atoms with van der Waals surface area (Å²) in [6.07, 6.45) is 0. The number of hydrogen-bond acceptors (Lipinski definition) is 6. The molecule has 0 aliphatic carbocycles. The van der Waals surface area contributed by atoms with Gasteiger partial charge in [0.1, 0.15) is 22.7 Å². The summed E-state index contributed by atoms with van der Waals surface area (Å²) in [4.78, 5) is 0. The molecule has 0 aromatic heterocycles. The van der Waals surface area contributed by atoms with Crippen LogP contribution < -0.4 is 30.0 Å². The molecule has 12 heteroatoms. The molecule has 2 heterocycles. The number of benzene rings is 5. The Kier molecular flexibility index (Phi) is 7.42. The Balaban J connectivity index is 1.29. The van der Waals surface area contributed by atoms with Gasteiger partial charge in [0, 0.05) is 11.1 Å². The van der Waals surface area contributed by atoms with Crippen molar-refractivity contribution >= 4 is 50.6 Å². The van der Waals surface area contributed by atoms with Gasteiger partial charge in [-0.2, -0.15) is 0 Å². The van der Waals surface area contributed by atoms with Crippen LogP contribution in [0.15, 0.2) is 156 Å². The van der Waals surface area contributed by atoms with Crippen LogP contribution in [0.4, 0.5) is 22.7 Å². The number of anilines is 4. The second-order valence-electron chi connectivity index (χ2n) is 9.75. The Labute approximate surface area is 256 Å². The lowest BCUT2D eigenvalue weighted by molar-refractivity contribution is 0.577. The van der Waals surface area contributed by atoms with Gasteiger partial charge in [0.15, 0.2) is 11.7 Å². The number of nitrogens with one attached hydrogen (secondary N) is 2. The topological polar surface area (TPSA) is 95.9 Å². The molecule has 0 radical (unpaired) electrons. The summed E-state index contributed by atoms with van der Waals surface area (Å²) in [6.45, 7) is 0. The first-order chi connectivity index (χ1) is 21.7. The van der Waals surface area contributed by atoms with Gasteiger partial charge in [-0.15, -0.1) is 10.2 Å². The van der Waals surface area contributed by atoms with Gasteiger partial charge in [-0.05, 0) is 82.8 Å². The molecule has 2 aliphatic rings.